The van der Waals surface area contributed by atoms with Crippen molar-refractivity contribution in [2.45, 2.75) is 57.7 Å². The Hall–Kier alpha value is -1.86. The van der Waals surface area contributed by atoms with E-state index in [9.17, 15) is 0 Å². The molecule has 3 heterocycles. The Kier molecular flexibility index (Phi) is 7.44. The van der Waals surface area contributed by atoms with Gasteiger partial charge in [0.15, 0.2) is 5.96 Å². The summed E-state index contributed by atoms with van der Waals surface area (Å²) in [5, 5.41) is 7.12. The molecule has 0 bridgehead atoms. The lowest BCUT2D eigenvalue weighted by Crippen LogP contribution is -2.45. The molecule has 2 N–H and O–H groups in total. The van der Waals surface area contributed by atoms with Gasteiger partial charge >= 0.3 is 0 Å². The van der Waals surface area contributed by atoms with Crippen molar-refractivity contribution in [3.05, 3.63) is 23.9 Å². The number of hydrogen-bond donors (Lipinski definition) is 2. The van der Waals surface area contributed by atoms with E-state index in [1.165, 1.54) is 44.2 Å². The van der Waals surface area contributed by atoms with Crippen LogP contribution in [0, 0.1) is 0 Å². The zero-order chi connectivity index (χ0) is 20.8. The van der Waals surface area contributed by atoms with Crippen LogP contribution in [0.25, 0.3) is 0 Å². The van der Waals surface area contributed by atoms with E-state index in [0.717, 1.165) is 57.1 Å². The molecule has 0 spiro atoms. The molecule has 1 aromatic heterocycles. The van der Waals surface area contributed by atoms with Gasteiger partial charge in [-0.25, -0.2) is 9.98 Å². The largest absolute Gasteiger partial charge is 0.357 e. The lowest BCUT2D eigenvalue weighted by atomic mass is 10.2. The Morgan fingerprint density at radius 1 is 1.13 bits per heavy atom. The predicted molar refractivity (Wildman–Crippen MR) is 124 cm³/mol. The van der Waals surface area contributed by atoms with Gasteiger partial charge in [-0.05, 0) is 50.9 Å². The van der Waals surface area contributed by atoms with E-state index in [1.54, 1.807) is 0 Å². The lowest BCUT2D eigenvalue weighted by molar-refractivity contribution is 0.242. The number of nitrogens with one attached hydrogen (secondary N) is 2. The molecular formula is C23H39N7. The molecule has 7 nitrogen and oxygen atoms in total. The summed E-state index contributed by atoms with van der Waals surface area (Å²) in [7, 11) is 2.18. The minimum Gasteiger partial charge on any atom is -0.357 e. The topological polar surface area (TPSA) is 59.0 Å². The van der Waals surface area contributed by atoms with Gasteiger partial charge in [0, 0.05) is 64.1 Å². The summed E-state index contributed by atoms with van der Waals surface area (Å²) in [5.41, 5.74) is 1.22. The maximum Gasteiger partial charge on any atom is 0.191 e. The first-order chi connectivity index (χ1) is 14.7. The van der Waals surface area contributed by atoms with Crippen LogP contribution in [0.3, 0.4) is 0 Å². The molecule has 0 amide bonds. The number of rotatable bonds is 6. The molecular weight excluding hydrogens is 374 g/mol. The first kappa shape index (κ1) is 21.4. The summed E-state index contributed by atoms with van der Waals surface area (Å²) in [5.74, 6) is 2.02. The van der Waals surface area contributed by atoms with E-state index in [1.807, 2.05) is 6.20 Å². The molecule has 4 rings (SSSR count). The number of anilines is 1. The van der Waals surface area contributed by atoms with Gasteiger partial charge in [0.2, 0.25) is 0 Å². The van der Waals surface area contributed by atoms with Crippen LogP contribution >= 0.6 is 0 Å². The Labute approximate surface area is 181 Å². The third-order valence-corrected chi connectivity index (χ3v) is 6.80. The number of hydrogen-bond acceptors (Lipinski definition) is 5. The van der Waals surface area contributed by atoms with Gasteiger partial charge in [-0.15, -0.1) is 0 Å². The second-order valence-corrected chi connectivity index (χ2v) is 9.07. The van der Waals surface area contributed by atoms with Gasteiger partial charge in [0.1, 0.15) is 5.82 Å². The number of guanidine groups is 1. The molecule has 1 aliphatic carbocycles. The second-order valence-electron chi connectivity index (χ2n) is 9.07. The summed E-state index contributed by atoms with van der Waals surface area (Å²) >= 11 is 0. The normalized spacial score (nSPS) is 24.5. The number of pyridine rings is 1. The molecule has 1 unspecified atom stereocenters. The predicted octanol–water partition coefficient (Wildman–Crippen LogP) is 1.91. The first-order valence-corrected chi connectivity index (χ1v) is 11.9. The van der Waals surface area contributed by atoms with E-state index in [-0.39, 0.29) is 0 Å². The number of nitrogens with zero attached hydrogens (tertiary/aromatic N) is 5. The highest BCUT2D eigenvalue weighted by atomic mass is 15.3. The number of piperazine rings is 1. The molecule has 1 atom stereocenters. The van der Waals surface area contributed by atoms with Gasteiger partial charge in [-0.1, -0.05) is 12.8 Å². The van der Waals surface area contributed by atoms with Gasteiger partial charge in [0.05, 0.1) is 6.54 Å². The van der Waals surface area contributed by atoms with Gasteiger partial charge in [-0.2, -0.15) is 0 Å². The fourth-order valence-electron chi connectivity index (χ4n) is 4.96. The zero-order valence-corrected chi connectivity index (χ0v) is 18.8. The maximum atomic E-state index is 4.89. The molecule has 166 valence electrons. The molecule has 3 fully saturated rings. The first-order valence-electron chi connectivity index (χ1n) is 11.9. The number of aliphatic imine (C=N–C) groups is 1. The minimum atomic E-state index is 0.502. The zero-order valence-electron chi connectivity index (χ0n) is 18.8. The molecule has 0 radical (unpaired) electrons. The van der Waals surface area contributed by atoms with Crippen molar-refractivity contribution in [2.75, 3.05) is 57.8 Å². The minimum absolute atomic E-state index is 0.502. The van der Waals surface area contributed by atoms with E-state index in [0.29, 0.717) is 12.6 Å². The van der Waals surface area contributed by atoms with E-state index in [2.05, 4.69) is 56.4 Å². The summed E-state index contributed by atoms with van der Waals surface area (Å²) in [6, 6.07) is 5.61. The highest BCUT2D eigenvalue weighted by molar-refractivity contribution is 5.80. The highest BCUT2D eigenvalue weighted by Crippen LogP contribution is 2.26. The average Bonchev–Trinajstić information content (AvgIpc) is 3.45. The Bertz CT molecular complexity index is 693. The van der Waals surface area contributed by atoms with E-state index >= 15 is 0 Å². The van der Waals surface area contributed by atoms with Crippen molar-refractivity contribution in [1.29, 1.82) is 0 Å². The van der Waals surface area contributed by atoms with Crippen LogP contribution in [0.1, 0.15) is 44.6 Å². The van der Waals surface area contributed by atoms with Crippen LogP contribution in [-0.2, 0) is 6.54 Å². The Balaban J connectivity index is 1.33. The molecule has 3 aliphatic rings. The third-order valence-electron chi connectivity index (χ3n) is 6.80. The van der Waals surface area contributed by atoms with Crippen molar-refractivity contribution in [3.8, 4) is 0 Å². The molecule has 7 heteroatoms. The van der Waals surface area contributed by atoms with Crippen molar-refractivity contribution >= 4 is 11.8 Å². The molecule has 2 aliphatic heterocycles. The van der Waals surface area contributed by atoms with Crippen LogP contribution in [-0.4, -0.2) is 85.7 Å². The number of likely N-dealkylation sites (N-methyl/N-ethyl adjacent to an activating group) is 1. The van der Waals surface area contributed by atoms with Crippen molar-refractivity contribution < 1.29 is 0 Å². The molecule has 1 saturated carbocycles. The third kappa shape index (κ3) is 5.64. The average molecular weight is 414 g/mol. The summed E-state index contributed by atoms with van der Waals surface area (Å²) in [6.45, 7) is 10.3. The van der Waals surface area contributed by atoms with Crippen LogP contribution in [0.15, 0.2) is 23.3 Å². The van der Waals surface area contributed by atoms with Gasteiger partial charge in [0.25, 0.3) is 0 Å². The fourth-order valence-corrected chi connectivity index (χ4v) is 4.96. The monoisotopic (exact) mass is 413 g/mol. The molecule has 0 aromatic carbocycles. The summed E-state index contributed by atoms with van der Waals surface area (Å²) in [4.78, 5) is 16.9. The second kappa shape index (κ2) is 10.4. The Morgan fingerprint density at radius 3 is 2.70 bits per heavy atom. The highest BCUT2D eigenvalue weighted by Gasteiger charge is 2.30. The van der Waals surface area contributed by atoms with E-state index in [4.69, 9.17) is 4.99 Å². The summed E-state index contributed by atoms with van der Waals surface area (Å²) in [6.07, 6.45) is 8.73. The lowest BCUT2D eigenvalue weighted by Gasteiger charge is -2.33. The van der Waals surface area contributed by atoms with Crippen LogP contribution < -0.4 is 15.5 Å². The van der Waals surface area contributed by atoms with Crippen molar-refractivity contribution in [2.24, 2.45) is 4.99 Å². The smallest absolute Gasteiger partial charge is 0.191 e. The fraction of sp³-hybridized carbons (Fsp3) is 0.739. The van der Waals surface area contributed by atoms with Crippen LogP contribution in [0.2, 0.25) is 0 Å². The summed E-state index contributed by atoms with van der Waals surface area (Å²) < 4.78 is 0. The molecule has 2 saturated heterocycles. The standard InChI is InChI=1S/C23H39N7/c1-3-24-23(27-20-9-11-30(18-20)21-6-4-5-7-21)26-17-19-8-10-25-22(16-19)29-14-12-28(2)13-15-29/h8,10,16,20-21H,3-7,9,11-15,17-18H2,1-2H3,(H2,24,26,27). The quantitative estimate of drug-likeness (QED) is 0.549. The van der Waals surface area contributed by atoms with Crippen molar-refractivity contribution in [3.63, 3.8) is 0 Å². The maximum absolute atomic E-state index is 4.89. The van der Waals surface area contributed by atoms with Gasteiger partial charge < -0.3 is 20.4 Å². The van der Waals surface area contributed by atoms with Crippen LogP contribution in [0.5, 0.6) is 0 Å². The van der Waals surface area contributed by atoms with Gasteiger partial charge in [-0.3, -0.25) is 4.90 Å². The SMILES string of the molecule is CCNC(=NCc1ccnc(N2CCN(C)CC2)c1)NC1CCN(C2CCCC2)C1. The molecule has 30 heavy (non-hydrogen) atoms. The molecule has 1 aromatic rings. The van der Waals surface area contributed by atoms with Crippen LogP contribution in [0.4, 0.5) is 5.82 Å². The number of aromatic nitrogens is 1. The van der Waals surface area contributed by atoms with E-state index < -0.39 is 0 Å². The number of likely N-dealkylation sites (tertiary alicyclic amines) is 1. The Morgan fingerprint density at radius 2 is 1.93 bits per heavy atom. The van der Waals surface area contributed by atoms with Crippen molar-refractivity contribution in [1.82, 2.24) is 25.4 Å².